The van der Waals surface area contributed by atoms with Crippen molar-refractivity contribution >= 4 is 45.8 Å². The fourth-order valence-corrected chi connectivity index (χ4v) is 4.13. The first-order valence-electron chi connectivity index (χ1n) is 10.9. The molecule has 0 spiro atoms. The van der Waals surface area contributed by atoms with E-state index in [4.69, 9.17) is 37.7 Å². The molecule has 1 N–H and O–H groups in total. The summed E-state index contributed by atoms with van der Waals surface area (Å²) in [5, 5.41) is 4.15. The van der Waals surface area contributed by atoms with Gasteiger partial charge >= 0.3 is 6.03 Å². The standard InChI is InChI=1S/C24H28Cl2N4O4/c1-16(22-27-20-8-5-4-7-18(20)23(31)30(22)12-14-34-3)29(11-6-13-33-2)24(32)28-21-10-9-17(25)15-19(21)26/h4-5,7-10,15-16H,6,11-14H2,1-3H3,(H,28,32). The van der Waals surface area contributed by atoms with Crippen LogP contribution in [0.1, 0.15) is 25.2 Å². The molecule has 3 rings (SSSR count). The molecule has 0 aliphatic heterocycles. The molecule has 1 unspecified atom stereocenters. The summed E-state index contributed by atoms with van der Waals surface area (Å²) in [6.07, 6.45) is 0.596. The number of anilines is 1. The predicted molar refractivity (Wildman–Crippen MR) is 135 cm³/mol. The average Bonchev–Trinajstić information content (AvgIpc) is 2.82. The van der Waals surface area contributed by atoms with Crippen LogP contribution in [0.15, 0.2) is 47.3 Å². The number of ether oxygens (including phenoxy) is 2. The minimum absolute atomic E-state index is 0.178. The molecule has 0 bridgehead atoms. The fraction of sp³-hybridized carbons (Fsp3) is 0.375. The number of nitrogens with zero attached hydrogens (tertiary/aromatic N) is 3. The second kappa shape index (κ2) is 12.2. The van der Waals surface area contributed by atoms with Crippen molar-refractivity contribution in [1.82, 2.24) is 14.5 Å². The van der Waals surface area contributed by atoms with Gasteiger partial charge < -0.3 is 19.7 Å². The monoisotopic (exact) mass is 506 g/mol. The van der Waals surface area contributed by atoms with E-state index >= 15 is 0 Å². The summed E-state index contributed by atoms with van der Waals surface area (Å²) < 4.78 is 12.0. The molecule has 2 amide bonds. The third-order valence-corrected chi connectivity index (χ3v) is 5.98. The molecule has 0 fully saturated rings. The Morgan fingerprint density at radius 3 is 2.59 bits per heavy atom. The summed E-state index contributed by atoms with van der Waals surface area (Å²) in [5.41, 5.74) is 0.826. The Labute approximate surface area is 208 Å². The van der Waals surface area contributed by atoms with Crippen LogP contribution in [0.4, 0.5) is 10.5 Å². The van der Waals surface area contributed by atoms with Crippen LogP contribution in [0.3, 0.4) is 0 Å². The molecule has 0 saturated carbocycles. The zero-order valence-corrected chi connectivity index (χ0v) is 20.9. The zero-order chi connectivity index (χ0) is 24.7. The number of hydrogen-bond acceptors (Lipinski definition) is 5. The van der Waals surface area contributed by atoms with Crippen molar-refractivity contribution in [1.29, 1.82) is 0 Å². The van der Waals surface area contributed by atoms with Gasteiger partial charge in [-0.1, -0.05) is 35.3 Å². The van der Waals surface area contributed by atoms with Gasteiger partial charge in [0.05, 0.1) is 40.8 Å². The largest absolute Gasteiger partial charge is 0.385 e. The third kappa shape index (κ3) is 6.07. The van der Waals surface area contributed by atoms with Crippen molar-refractivity contribution in [3.63, 3.8) is 0 Å². The molecule has 2 aromatic carbocycles. The predicted octanol–water partition coefficient (Wildman–Crippen LogP) is 4.98. The summed E-state index contributed by atoms with van der Waals surface area (Å²) in [4.78, 5) is 33.0. The minimum Gasteiger partial charge on any atom is -0.385 e. The molecule has 0 aliphatic rings. The maximum absolute atomic E-state index is 13.4. The van der Waals surface area contributed by atoms with Crippen molar-refractivity contribution in [2.24, 2.45) is 0 Å². The van der Waals surface area contributed by atoms with Gasteiger partial charge in [-0.2, -0.15) is 0 Å². The fourth-order valence-electron chi connectivity index (χ4n) is 3.67. The van der Waals surface area contributed by atoms with Gasteiger partial charge in [0.2, 0.25) is 0 Å². The van der Waals surface area contributed by atoms with E-state index in [0.29, 0.717) is 65.2 Å². The molecule has 182 valence electrons. The number of aromatic nitrogens is 2. The number of hydrogen-bond donors (Lipinski definition) is 1. The third-order valence-electron chi connectivity index (χ3n) is 5.43. The number of halogens is 2. The van der Waals surface area contributed by atoms with Crippen LogP contribution in [0, 0.1) is 0 Å². The summed E-state index contributed by atoms with van der Waals surface area (Å²) in [5.74, 6) is 0.468. The lowest BCUT2D eigenvalue weighted by molar-refractivity contribution is 0.155. The highest BCUT2D eigenvalue weighted by molar-refractivity contribution is 6.36. The smallest absolute Gasteiger partial charge is 0.322 e. The number of amides is 2. The summed E-state index contributed by atoms with van der Waals surface area (Å²) in [7, 11) is 3.18. The van der Waals surface area contributed by atoms with Crippen LogP contribution in [-0.4, -0.2) is 54.5 Å². The van der Waals surface area contributed by atoms with Crippen LogP contribution in [0.2, 0.25) is 10.0 Å². The Morgan fingerprint density at radius 1 is 1.15 bits per heavy atom. The van der Waals surface area contributed by atoms with Gasteiger partial charge in [0.15, 0.2) is 0 Å². The lowest BCUT2D eigenvalue weighted by atomic mass is 10.2. The van der Waals surface area contributed by atoms with Crippen LogP contribution in [0.25, 0.3) is 10.9 Å². The Bertz CT molecular complexity index is 1200. The lowest BCUT2D eigenvalue weighted by Gasteiger charge is -2.30. The summed E-state index contributed by atoms with van der Waals surface area (Å²) >= 11 is 12.2. The molecule has 10 heteroatoms. The second-order valence-corrected chi connectivity index (χ2v) is 8.55. The topological polar surface area (TPSA) is 85.7 Å². The van der Waals surface area contributed by atoms with E-state index in [2.05, 4.69) is 5.32 Å². The van der Waals surface area contributed by atoms with Gasteiger partial charge in [-0.15, -0.1) is 0 Å². The highest BCUT2D eigenvalue weighted by Gasteiger charge is 2.26. The first-order chi connectivity index (χ1) is 16.4. The number of urea groups is 1. The van der Waals surface area contributed by atoms with Crippen molar-refractivity contribution in [3.05, 3.63) is 68.7 Å². The van der Waals surface area contributed by atoms with E-state index in [-0.39, 0.29) is 11.6 Å². The highest BCUT2D eigenvalue weighted by atomic mass is 35.5. The van der Waals surface area contributed by atoms with Crippen LogP contribution in [0.5, 0.6) is 0 Å². The molecule has 34 heavy (non-hydrogen) atoms. The molecule has 0 saturated heterocycles. The van der Waals surface area contributed by atoms with Gasteiger partial charge in [0.1, 0.15) is 5.82 Å². The summed E-state index contributed by atoms with van der Waals surface area (Å²) in [6.45, 7) is 3.33. The van der Waals surface area contributed by atoms with Crippen molar-refractivity contribution in [2.45, 2.75) is 25.9 Å². The van der Waals surface area contributed by atoms with E-state index < -0.39 is 6.04 Å². The quantitative estimate of drug-likeness (QED) is 0.391. The van der Waals surface area contributed by atoms with Gasteiger partial charge in [-0.25, -0.2) is 9.78 Å². The van der Waals surface area contributed by atoms with Crippen molar-refractivity contribution in [2.75, 3.05) is 39.3 Å². The minimum atomic E-state index is -0.530. The Morgan fingerprint density at radius 2 is 1.88 bits per heavy atom. The first kappa shape index (κ1) is 26.0. The number of carbonyl (C=O) groups is 1. The van der Waals surface area contributed by atoms with Crippen molar-refractivity contribution in [3.8, 4) is 0 Å². The maximum atomic E-state index is 13.4. The number of nitrogens with one attached hydrogen (secondary N) is 1. The average molecular weight is 507 g/mol. The number of methoxy groups -OCH3 is 2. The van der Waals surface area contributed by atoms with Gasteiger partial charge in [0, 0.05) is 32.4 Å². The number of carbonyl (C=O) groups excluding carboxylic acids is 1. The molecule has 0 radical (unpaired) electrons. The number of benzene rings is 2. The van der Waals surface area contributed by atoms with Gasteiger partial charge in [-0.05, 0) is 43.7 Å². The normalized spacial score (nSPS) is 12.0. The molecular weight excluding hydrogens is 479 g/mol. The van der Waals surface area contributed by atoms with E-state index in [1.807, 2.05) is 13.0 Å². The Kier molecular flexibility index (Phi) is 9.29. The number of rotatable bonds is 10. The van der Waals surface area contributed by atoms with Crippen LogP contribution < -0.4 is 10.9 Å². The molecule has 1 atom stereocenters. The van der Waals surface area contributed by atoms with E-state index in [0.717, 1.165) is 0 Å². The van der Waals surface area contributed by atoms with Crippen molar-refractivity contribution < 1.29 is 14.3 Å². The second-order valence-electron chi connectivity index (χ2n) is 7.71. The molecule has 3 aromatic rings. The molecule has 0 aliphatic carbocycles. The maximum Gasteiger partial charge on any atom is 0.322 e. The van der Waals surface area contributed by atoms with E-state index in [1.165, 1.54) is 0 Å². The number of fused-ring (bicyclic) bond motifs is 1. The Hall–Kier alpha value is -2.65. The lowest BCUT2D eigenvalue weighted by Crippen LogP contribution is -2.41. The van der Waals surface area contributed by atoms with Crippen LogP contribution >= 0.6 is 23.2 Å². The Balaban J connectivity index is 2.01. The highest BCUT2D eigenvalue weighted by Crippen LogP contribution is 2.27. The van der Waals surface area contributed by atoms with E-state index in [1.54, 1.807) is 60.1 Å². The molecule has 1 aromatic heterocycles. The van der Waals surface area contributed by atoms with E-state index in [9.17, 15) is 9.59 Å². The number of para-hydroxylation sites is 1. The zero-order valence-electron chi connectivity index (χ0n) is 19.4. The van der Waals surface area contributed by atoms with Gasteiger partial charge in [0.25, 0.3) is 5.56 Å². The summed E-state index contributed by atoms with van der Waals surface area (Å²) in [6, 6.07) is 11.1. The molecular formula is C24H28Cl2N4O4. The SMILES string of the molecule is COCCCN(C(=O)Nc1ccc(Cl)cc1Cl)C(C)c1nc2ccccc2c(=O)n1CCOC. The first-order valence-corrected chi connectivity index (χ1v) is 11.6. The molecule has 1 heterocycles. The van der Waals surface area contributed by atoms with Crippen LogP contribution in [-0.2, 0) is 16.0 Å². The van der Waals surface area contributed by atoms with Gasteiger partial charge in [-0.3, -0.25) is 9.36 Å². The molecule has 8 nitrogen and oxygen atoms in total.